The fraction of sp³-hybridized carbons (Fsp3) is 0.870. The molecule has 0 amide bonds. The van der Waals surface area contributed by atoms with E-state index < -0.39 is 8.80 Å². The SMILES string of the molecule is C=C(C)C(=O)OCCCCCO[Si](CCCCCCCCCC)(OCC)OCC. The lowest BCUT2D eigenvalue weighted by Crippen LogP contribution is -2.46. The van der Waals surface area contributed by atoms with Crippen molar-refractivity contribution in [2.75, 3.05) is 26.4 Å². The molecule has 0 rings (SSSR count). The van der Waals surface area contributed by atoms with Crippen LogP contribution in [-0.2, 0) is 22.8 Å². The van der Waals surface area contributed by atoms with Crippen LogP contribution in [0.5, 0.6) is 0 Å². The molecule has 0 atom stereocenters. The van der Waals surface area contributed by atoms with Gasteiger partial charge in [-0.05, 0) is 46.5 Å². The summed E-state index contributed by atoms with van der Waals surface area (Å²) in [5.74, 6) is -0.314. The van der Waals surface area contributed by atoms with Crippen LogP contribution in [0.2, 0.25) is 6.04 Å². The molecular weight excluding hydrogens is 384 g/mol. The van der Waals surface area contributed by atoms with E-state index in [0.29, 0.717) is 32.0 Å². The Morgan fingerprint density at radius 1 is 0.724 bits per heavy atom. The van der Waals surface area contributed by atoms with Gasteiger partial charge in [-0.15, -0.1) is 0 Å². The van der Waals surface area contributed by atoms with E-state index in [1.54, 1.807) is 6.92 Å². The highest BCUT2D eigenvalue weighted by atomic mass is 28.4. The number of carbonyl (C=O) groups is 1. The van der Waals surface area contributed by atoms with Crippen molar-refractivity contribution in [3.8, 4) is 0 Å². The number of rotatable bonds is 21. The summed E-state index contributed by atoms with van der Waals surface area (Å²) in [4.78, 5) is 11.3. The highest BCUT2D eigenvalue weighted by Crippen LogP contribution is 2.21. The van der Waals surface area contributed by atoms with Crippen LogP contribution in [-0.4, -0.2) is 41.2 Å². The van der Waals surface area contributed by atoms with E-state index in [1.165, 1.54) is 44.9 Å². The van der Waals surface area contributed by atoms with Gasteiger partial charge in [-0.2, -0.15) is 0 Å². The fourth-order valence-electron chi connectivity index (χ4n) is 3.15. The van der Waals surface area contributed by atoms with Gasteiger partial charge in [0.15, 0.2) is 0 Å². The Kier molecular flexibility index (Phi) is 18.8. The first kappa shape index (κ1) is 28.3. The van der Waals surface area contributed by atoms with Gasteiger partial charge in [0.1, 0.15) is 0 Å². The molecule has 0 aromatic carbocycles. The van der Waals surface area contributed by atoms with Crippen LogP contribution in [0.15, 0.2) is 12.2 Å². The second-order valence-corrected chi connectivity index (χ2v) is 10.3. The van der Waals surface area contributed by atoms with Crippen molar-refractivity contribution in [1.29, 1.82) is 0 Å². The minimum Gasteiger partial charge on any atom is -0.462 e. The monoisotopic (exact) mass is 430 g/mol. The summed E-state index contributed by atoms with van der Waals surface area (Å²) in [7, 11) is -2.57. The average Bonchev–Trinajstić information content (AvgIpc) is 2.69. The number of hydrogen-bond donors (Lipinski definition) is 0. The number of esters is 1. The summed E-state index contributed by atoms with van der Waals surface area (Å²) in [6.07, 6.45) is 13.0. The first-order valence-electron chi connectivity index (χ1n) is 11.8. The number of hydrogen-bond acceptors (Lipinski definition) is 5. The minimum atomic E-state index is -2.57. The molecule has 0 aromatic rings. The summed E-state index contributed by atoms with van der Waals surface area (Å²) in [6, 6.07) is 0.903. The lowest BCUT2D eigenvalue weighted by atomic mass is 10.1. The first-order valence-corrected chi connectivity index (χ1v) is 13.7. The van der Waals surface area contributed by atoms with Crippen LogP contribution in [0.4, 0.5) is 0 Å². The summed E-state index contributed by atoms with van der Waals surface area (Å²) >= 11 is 0. The van der Waals surface area contributed by atoms with Crippen LogP contribution in [0.25, 0.3) is 0 Å². The van der Waals surface area contributed by atoms with Gasteiger partial charge < -0.3 is 18.0 Å². The Bertz CT molecular complexity index is 408. The molecular formula is C23H46O5Si. The maximum absolute atomic E-state index is 11.3. The quantitative estimate of drug-likeness (QED) is 0.0907. The van der Waals surface area contributed by atoms with Crippen molar-refractivity contribution in [1.82, 2.24) is 0 Å². The zero-order valence-electron chi connectivity index (χ0n) is 19.6. The molecule has 0 aliphatic carbocycles. The summed E-state index contributed by atoms with van der Waals surface area (Å²) in [5, 5.41) is 0. The third kappa shape index (κ3) is 15.8. The Morgan fingerprint density at radius 3 is 1.79 bits per heavy atom. The van der Waals surface area contributed by atoms with Crippen molar-refractivity contribution >= 4 is 14.8 Å². The van der Waals surface area contributed by atoms with Gasteiger partial charge in [0.25, 0.3) is 0 Å². The smallest absolute Gasteiger partial charge is 0.462 e. The van der Waals surface area contributed by atoms with Gasteiger partial charge in [0.2, 0.25) is 0 Å². The van der Waals surface area contributed by atoms with E-state index in [2.05, 4.69) is 13.5 Å². The summed E-state index contributed by atoms with van der Waals surface area (Å²) in [6.45, 7) is 13.8. The average molecular weight is 431 g/mol. The fourth-order valence-corrected chi connectivity index (χ4v) is 5.85. The molecule has 0 bridgehead atoms. The molecule has 29 heavy (non-hydrogen) atoms. The number of unbranched alkanes of at least 4 members (excludes halogenated alkanes) is 9. The molecule has 0 radical (unpaired) electrons. The maximum atomic E-state index is 11.3. The molecule has 172 valence electrons. The Hall–Kier alpha value is -0.693. The van der Waals surface area contributed by atoms with Crippen LogP contribution in [0.3, 0.4) is 0 Å². The van der Waals surface area contributed by atoms with Gasteiger partial charge in [-0.25, -0.2) is 4.79 Å². The summed E-state index contributed by atoms with van der Waals surface area (Å²) in [5.41, 5.74) is 0.443. The van der Waals surface area contributed by atoms with Gasteiger partial charge in [0, 0.05) is 31.4 Å². The van der Waals surface area contributed by atoms with E-state index in [9.17, 15) is 4.79 Å². The van der Waals surface area contributed by atoms with Gasteiger partial charge in [-0.3, -0.25) is 0 Å². The minimum absolute atomic E-state index is 0.314. The Balaban J connectivity index is 4.09. The van der Waals surface area contributed by atoms with Crippen LogP contribution < -0.4 is 0 Å². The zero-order chi connectivity index (χ0) is 21.8. The predicted octanol–water partition coefficient (Wildman–Crippen LogP) is 6.45. The third-order valence-corrected chi connectivity index (χ3v) is 7.82. The molecule has 0 spiro atoms. The molecule has 0 N–H and O–H groups in total. The largest absolute Gasteiger partial charge is 0.500 e. The Labute approximate surface area is 180 Å². The molecule has 0 saturated heterocycles. The highest BCUT2D eigenvalue weighted by Gasteiger charge is 2.39. The molecule has 0 aliphatic rings. The van der Waals surface area contributed by atoms with E-state index in [-0.39, 0.29) is 5.97 Å². The van der Waals surface area contributed by atoms with Gasteiger partial charge in [0.05, 0.1) is 6.61 Å². The van der Waals surface area contributed by atoms with Crippen LogP contribution in [0, 0.1) is 0 Å². The van der Waals surface area contributed by atoms with E-state index >= 15 is 0 Å². The van der Waals surface area contributed by atoms with E-state index in [4.69, 9.17) is 18.0 Å². The lowest BCUT2D eigenvalue weighted by molar-refractivity contribution is -0.139. The Morgan fingerprint density at radius 2 is 1.24 bits per heavy atom. The van der Waals surface area contributed by atoms with Crippen molar-refractivity contribution in [2.24, 2.45) is 0 Å². The predicted molar refractivity (Wildman–Crippen MR) is 122 cm³/mol. The zero-order valence-corrected chi connectivity index (χ0v) is 20.6. The molecule has 0 aliphatic heterocycles. The molecule has 0 fully saturated rings. The normalized spacial score (nSPS) is 11.6. The molecule has 0 saturated carbocycles. The lowest BCUT2D eigenvalue weighted by Gasteiger charge is -2.29. The van der Waals surface area contributed by atoms with Gasteiger partial charge >= 0.3 is 14.8 Å². The van der Waals surface area contributed by atoms with E-state index in [0.717, 1.165) is 31.7 Å². The third-order valence-electron chi connectivity index (χ3n) is 4.76. The second-order valence-electron chi connectivity index (χ2n) is 7.60. The molecule has 0 unspecified atom stereocenters. The molecule has 5 nitrogen and oxygen atoms in total. The van der Waals surface area contributed by atoms with Crippen molar-refractivity contribution in [2.45, 2.75) is 104 Å². The number of ether oxygens (including phenoxy) is 1. The van der Waals surface area contributed by atoms with Crippen molar-refractivity contribution in [3.63, 3.8) is 0 Å². The van der Waals surface area contributed by atoms with Crippen molar-refractivity contribution < 1.29 is 22.8 Å². The second kappa shape index (κ2) is 19.3. The summed E-state index contributed by atoms with van der Waals surface area (Å²) < 4.78 is 23.4. The standard InChI is InChI=1S/C23H46O5Si/c1-6-9-10-11-12-13-14-18-21-29(26-7-2,27-8-3)28-20-17-15-16-19-25-23(24)22(4)5/h4,6-21H2,1-3,5H3. The van der Waals surface area contributed by atoms with Gasteiger partial charge in [-0.1, -0.05) is 58.4 Å². The molecule has 6 heteroatoms. The van der Waals surface area contributed by atoms with Crippen LogP contribution in [0.1, 0.15) is 98.3 Å². The van der Waals surface area contributed by atoms with E-state index in [1.807, 2.05) is 13.8 Å². The number of carbonyl (C=O) groups excluding carboxylic acids is 1. The highest BCUT2D eigenvalue weighted by molar-refractivity contribution is 6.60. The molecule has 0 aromatic heterocycles. The first-order chi connectivity index (χ1) is 14.0. The molecule has 0 heterocycles. The van der Waals surface area contributed by atoms with Crippen LogP contribution >= 0.6 is 0 Å². The topological polar surface area (TPSA) is 54.0 Å². The van der Waals surface area contributed by atoms with Crippen molar-refractivity contribution in [3.05, 3.63) is 12.2 Å². The maximum Gasteiger partial charge on any atom is 0.500 e.